The molecule has 9 nitrogen and oxygen atoms in total. The van der Waals surface area contributed by atoms with Gasteiger partial charge in [-0.1, -0.05) is 23.4 Å². The van der Waals surface area contributed by atoms with Crippen molar-refractivity contribution in [3.63, 3.8) is 0 Å². The quantitative estimate of drug-likeness (QED) is 0.136. The molecule has 5 N–H and O–H groups in total. The lowest BCUT2D eigenvalue weighted by atomic mass is 10.1. The first-order valence-electron chi connectivity index (χ1n) is 10.3. The van der Waals surface area contributed by atoms with Crippen LogP contribution in [-0.2, 0) is 0 Å². The number of anilines is 2. The van der Waals surface area contributed by atoms with E-state index in [0.717, 1.165) is 33.2 Å². The molecule has 2 aromatic heterocycles. The molecule has 0 saturated carbocycles. The number of likely N-dealkylation sites (N-methyl/N-ethyl adjacent to an activating group) is 1. The third-order valence-electron chi connectivity index (χ3n) is 5.08. The van der Waals surface area contributed by atoms with Gasteiger partial charge in [0.1, 0.15) is 5.82 Å². The molecule has 1 amide bonds. The average molecular weight is 461 g/mol. The Morgan fingerprint density at radius 1 is 1.15 bits per heavy atom. The van der Waals surface area contributed by atoms with E-state index in [4.69, 9.17) is 16.2 Å². The molecule has 2 heterocycles. The number of nitrogens with two attached hydrogens (primary N) is 1. The number of carbonyl (C=O) groups is 1. The van der Waals surface area contributed by atoms with Crippen molar-refractivity contribution in [3.8, 4) is 0 Å². The van der Waals surface area contributed by atoms with Crippen LogP contribution in [0, 0.1) is 5.53 Å². The van der Waals surface area contributed by atoms with E-state index in [1.165, 1.54) is 0 Å². The van der Waals surface area contributed by atoms with Crippen molar-refractivity contribution < 1.29 is 4.79 Å². The molecule has 0 atom stereocenters. The van der Waals surface area contributed by atoms with Gasteiger partial charge in [0.25, 0.3) is 5.91 Å². The molecule has 4 rings (SSSR count). The normalized spacial score (nSPS) is 11.8. The summed E-state index contributed by atoms with van der Waals surface area (Å²) in [5, 5.41) is 16.9. The maximum Gasteiger partial charge on any atom is 0.251 e. The van der Waals surface area contributed by atoms with E-state index in [1.54, 1.807) is 17.4 Å². The highest BCUT2D eigenvalue weighted by molar-refractivity contribution is 7.18. The lowest BCUT2D eigenvalue weighted by Crippen LogP contribution is -2.31. The van der Waals surface area contributed by atoms with Crippen molar-refractivity contribution in [2.24, 2.45) is 16.1 Å². The highest BCUT2D eigenvalue weighted by atomic mass is 32.1. The second kappa shape index (κ2) is 9.72. The fourth-order valence-electron chi connectivity index (χ4n) is 3.44. The van der Waals surface area contributed by atoms with Crippen molar-refractivity contribution in [2.45, 2.75) is 0 Å². The smallest absolute Gasteiger partial charge is 0.251 e. The van der Waals surface area contributed by atoms with Gasteiger partial charge in [-0.15, -0.1) is 16.4 Å². The maximum absolute atomic E-state index is 12.5. The van der Waals surface area contributed by atoms with Crippen LogP contribution in [0.3, 0.4) is 0 Å². The number of nitrogens with zero attached hydrogens (tertiary/aromatic N) is 4. The number of hydrogen-bond acceptors (Lipinski definition) is 7. The number of nitrogens with one attached hydrogen (secondary N) is 3. The first kappa shape index (κ1) is 22.3. The molecule has 0 spiro atoms. The minimum atomic E-state index is -0.119. The summed E-state index contributed by atoms with van der Waals surface area (Å²) in [6, 6.07) is 15.0. The molecule has 0 aliphatic rings. The number of rotatable bonds is 8. The van der Waals surface area contributed by atoms with E-state index >= 15 is 0 Å². The molecule has 2 aromatic carbocycles. The Labute approximate surface area is 194 Å². The molecule has 0 aliphatic carbocycles. The van der Waals surface area contributed by atoms with Gasteiger partial charge < -0.3 is 21.3 Å². The molecule has 0 bridgehead atoms. The van der Waals surface area contributed by atoms with Gasteiger partial charge in [0.2, 0.25) is 0 Å². The molecule has 10 heteroatoms. The zero-order chi connectivity index (χ0) is 23.4. The summed E-state index contributed by atoms with van der Waals surface area (Å²) >= 11 is 1.63. The largest absolute Gasteiger partial charge is 0.382 e. The van der Waals surface area contributed by atoms with E-state index in [1.807, 2.05) is 66.8 Å². The van der Waals surface area contributed by atoms with E-state index in [0.29, 0.717) is 23.5 Å². The average Bonchev–Trinajstić information content (AvgIpc) is 3.29. The fraction of sp³-hybridized carbons (Fsp3) is 0.174. The number of benzene rings is 2. The number of carbonyl (C=O) groups excluding carboxylic acids is 1. The van der Waals surface area contributed by atoms with E-state index in [-0.39, 0.29) is 11.7 Å². The Morgan fingerprint density at radius 3 is 2.79 bits per heavy atom. The summed E-state index contributed by atoms with van der Waals surface area (Å²) in [5.74, 6) is 0.719. The second-order valence-corrected chi connectivity index (χ2v) is 8.62. The first-order chi connectivity index (χ1) is 16.0. The van der Waals surface area contributed by atoms with E-state index in [9.17, 15) is 4.79 Å². The first-order valence-corrected chi connectivity index (χ1v) is 11.2. The lowest BCUT2D eigenvalue weighted by molar-refractivity contribution is 0.0951. The molecule has 0 fully saturated rings. The highest BCUT2D eigenvalue weighted by Gasteiger charge is 2.13. The van der Waals surface area contributed by atoms with Crippen molar-refractivity contribution in [2.75, 3.05) is 32.5 Å². The molecule has 0 aliphatic heterocycles. The van der Waals surface area contributed by atoms with Crippen LogP contribution in [0.2, 0.25) is 0 Å². The van der Waals surface area contributed by atoms with Crippen LogP contribution in [0.1, 0.15) is 15.9 Å². The van der Waals surface area contributed by atoms with Crippen LogP contribution >= 0.6 is 11.3 Å². The zero-order valence-electron chi connectivity index (χ0n) is 18.3. The number of amides is 1. The third-order valence-corrected chi connectivity index (χ3v) is 6.03. The van der Waals surface area contributed by atoms with Gasteiger partial charge in [0.05, 0.1) is 5.52 Å². The molecule has 0 radical (unpaired) electrons. The third kappa shape index (κ3) is 4.97. The minimum Gasteiger partial charge on any atom is -0.382 e. The van der Waals surface area contributed by atoms with Gasteiger partial charge in [-0.25, -0.2) is 4.98 Å². The van der Waals surface area contributed by atoms with Crippen LogP contribution in [0.5, 0.6) is 0 Å². The molecular weight excluding hydrogens is 436 g/mol. The second-order valence-electron chi connectivity index (χ2n) is 7.71. The van der Waals surface area contributed by atoms with Gasteiger partial charge in [-0.2, -0.15) is 5.53 Å². The molecular formula is C23H24N8OS. The molecule has 0 saturated heterocycles. The summed E-state index contributed by atoms with van der Waals surface area (Å²) in [4.78, 5) is 19.4. The van der Waals surface area contributed by atoms with Crippen molar-refractivity contribution in [1.82, 2.24) is 15.2 Å². The number of thiophene rings is 1. The SMILES string of the molecule is CN(C)CCNC(=O)c1cccc(Nc2nc3cc(/C(N)=N/N=N)ccc3c3sccc23)c1. The number of hydrogen-bond donors (Lipinski definition) is 4. The Kier molecular flexibility index (Phi) is 6.57. The summed E-state index contributed by atoms with van der Waals surface area (Å²) in [6.07, 6.45) is 0. The van der Waals surface area contributed by atoms with Crippen LogP contribution in [0.15, 0.2) is 64.2 Å². The number of fused-ring (bicyclic) bond motifs is 3. The monoisotopic (exact) mass is 460 g/mol. The van der Waals surface area contributed by atoms with Crippen LogP contribution in [-0.4, -0.2) is 48.8 Å². The van der Waals surface area contributed by atoms with Gasteiger partial charge >= 0.3 is 0 Å². The van der Waals surface area contributed by atoms with Crippen molar-refractivity contribution in [1.29, 1.82) is 5.53 Å². The Bertz CT molecular complexity index is 1360. The van der Waals surface area contributed by atoms with Gasteiger partial charge in [0, 0.05) is 45.4 Å². The number of aromatic nitrogens is 1. The summed E-state index contributed by atoms with van der Waals surface area (Å²) < 4.78 is 1.09. The Hall–Kier alpha value is -3.89. The minimum absolute atomic E-state index is 0.119. The van der Waals surface area contributed by atoms with Crippen LogP contribution in [0.25, 0.3) is 21.0 Å². The Balaban J connectivity index is 1.67. The molecule has 4 aromatic rings. The van der Waals surface area contributed by atoms with Gasteiger partial charge in [-0.3, -0.25) is 4.79 Å². The van der Waals surface area contributed by atoms with Gasteiger partial charge in [0.15, 0.2) is 5.84 Å². The molecule has 33 heavy (non-hydrogen) atoms. The zero-order valence-corrected chi connectivity index (χ0v) is 19.1. The van der Waals surface area contributed by atoms with E-state index in [2.05, 4.69) is 21.0 Å². The van der Waals surface area contributed by atoms with E-state index < -0.39 is 0 Å². The summed E-state index contributed by atoms with van der Waals surface area (Å²) in [6.45, 7) is 1.35. The Morgan fingerprint density at radius 2 is 2.00 bits per heavy atom. The van der Waals surface area contributed by atoms with Crippen LogP contribution < -0.4 is 16.4 Å². The van der Waals surface area contributed by atoms with Crippen molar-refractivity contribution in [3.05, 3.63) is 65.0 Å². The number of amidine groups is 1. The predicted octanol–water partition coefficient (Wildman–Crippen LogP) is 4.14. The lowest BCUT2D eigenvalue weighted by Gasteiger charge is -2.12. The molecule has 168 valence electrons. The fourth-order valence-corrected chi connectivity index (χ4v) is 4.37. The summed E-state index contributed by atoms with van der Waals surface area (Å²) in [5.41, 5.74) is 15.5. The predicted molar refractivity (Wildman–Crippen MR) is 134 cm³/mol. The molecule has 0 unspecified atom stereocenters. The van der Waals surface area contributed by atoms with Crippen molar-refractivity contribution >= 4 is 55.6 Å². The summed E-state index contributed by atoms with van der Waals surface area (Å²) in [7, 11) is 3.93. The highest BCUT2D eigenvalue weighted by Crippen LogP contribution is 2.35. The number of pyridine rings is 1. The van der Waals surface area contributed by atoms with Gasteiger partial charge in [-0.05, 0) is 49.8 Å². The maximum atomic E-state index is 12.5. The van der Waals surface area contributed by atoms with Crippen LogP contribution in [0.4, 0.5) is 11.5 Å². The topological polar surface area (TPSA) is 132 Å². The standard InChI is InChI=1S/C23H24N8OS/c1-31(2)10-9-26-23(32)15-4-3-5-16(12-15)27-22-18-8-11-33-20(18)17-7-6-14(13-19(17)28-22)21(24)29-30-25/h3-8,11-13H,9-10H2,1-2H3,(H,26,32)(H,27,28)(H3,24,25,29).